The van der Waals surface area contributed by atoms with E-state index in [1.165, 1.54) is 6.07 Å². The Kier molecular flexibility index (Phi) is 5.68. The van der Waals surface area contributed by atoms with E-state index in [1.54, 1.807) is 29.2 Å². The number of ether oxygens (including phenoxy) is 1. The summed E-state index contributed by atoms with van der Waals surface area (Å²) < 4.78 is 43.4. The maximum absolute atomic E-state index is 12.6. The SMILES string of the molecule is N#Cc1ccccc1OCC(=O)N1CCN(c2ccc(C(F)(F)F)c[nH+]2)CC1. The Hall–Kier alpha value is -3.28. The normalized spacial score (nSPS) is 14.5. The van der Waals surface area contributed by atoms with Crippen molar-refractivity contribution in [2.45, 2.75) is 6.18 Å². The van der Waals surface area contributed by atoms with E-state index in [0.29, 0.717) is 43.3 Å². The summed E-state index contributed by atoms with van der Waals surface area (Å²) in [6.45, 7) is 1.66. The Bertz CT molecular complexity index is 870. The van der Waals surface area contributed by atoms with Gasteiger partial charge in [-0.3, -0.25) is 9.69 Å². The second kappa shape index (κ2) is 8.17. The number of nitriles is 1. The number of alkyl halides is 3. The van der Waals surface area contributed by atoms with Gasteiger partial charge in [-0.1, -0.05) is 12.1 Å². The molecule has 0 unspecified atom stereocenters. The lowest BCUT2D eigenvalue weighted by Crippen LogP contribution is -2.51. The average molecular weight is 391 g/mol. The van der Waals surface area contributed by atoms with E-state index in [2.05, 4.69) is 4.98 Å². The Morgan fingerprint density at radius 3 is 2.46 bits per heavy atom. The number of benzene rings is 1. The van der Waals surface area contributed by atoms with Crippen LogP contribution in [0.1, 0.15) is 11.1 Å². The summed E-state index contributed by atoms with van der Waals surface area (Å²) in [6.07, 6.45) is -3.45. The molecule has 1 aliphatic rings. The van der Waals surface area contributed by atoms with Gasteiger partial charge in [-0.15, -0.1) is 0 Å². The van der Waals surface area contributed by atoms with Gasteiger partial charge < -0.3 is 9.64 Å². The van der Waals surface area contributed by atoms with Gasteiger partial charge in [-0.05, 0) is 18.2 Å². The standard InChI is InChI=1S/C19H17F3N4O2/c20-19(21,22)15-5-6-17(24-12-15)25-7-9-26(10-8-25)18(27)13-28-16-4-2-1-3-14(16)11-23/h1-6,12H,7-10,13H2/p+1. The van der Waals surface area contributed by atoms with E-state index < -0.39 is 11.7 Å². The molecule has 0 bridgehead atoms. The number of nitrogens with one attached hydrogen (secondary N) is 1. The number of anilines is 1. The zero-order chi connectivity index (χ0) is 20.1. The van der Waals surface area contributed by atoms with Crippen LogP contribution in [-0.4, -0.2) is 43.6 Å². The van der Waals surface area contributed by atoms with Gasteiger partial charge in [0.1, 0.15) is 31.1 Å². The monoisotopic (exact) mass is 391 g/mol. The van der Waals surface area contributed by atoms with E-state index in [-0.39, 0.29) is 12.5 Å². The highest BCUT2D eigenvalue weighted by Gasteiger charge is 2.33. The number of H-pyrrole nitrogens is 1. The van der Waals surface area contributed by atoms with Crippen molar-refractivity contribution in [3.8, 4) is 11.8 Å². The van der Waals surface area contributed by atoms with E-state index in [1.807, 2.05) is 11.0 Å². The number of carbonyl (C=O) groups is 1. The quantitative estimate of drug-likeness (QED) is 0.801. The van der Waals surface area contributed by atoms with E-state index in [0.717, 1.165) is 12.3 Å². The number of halogens is 3. The van der Waals surface area contributed by atoms with E-state index in [4.69, 9.17) is 10.00 Å². The third kappa shape index (κ3) is 4.52. The fourth-order valence-corrected chi connectivity index (χ4v) is 2.90. The third-order valence-electron chi connectivity index (χ3n) is 4.46. The molecular formula is C19H18F3N4O2+. The summed E-state index contributed by atoms with van der Waals surface area (Å²) in [5, 5.41) is 9.04. The van der Waals surface area contributed by atoms with Gasteiger partial charge >= 0.3 is 6.18 Å². The van der Waals surface area contributed by atoms with Gasteiger partial charge in [0.05, 0.1) is 24.2 Å². The minimum atomic E-state index is -4.38. The van der Waals surface area contributed by atoms with Crippen molar-refractivity contribution >= 4 is 11.7 Å². The summed E-state index contributed by atoms with van der Waals surface area (Å²) in [7, 11) is 0. The predicted molar refractivity (Wildman–Crippen MR) is 93.4 cm³/mol. The molecule has 0 atom stereocenters. The number of piperazine rings is 1. The fraction of sp³-hybridized carbons (Fsp3) is 0.316. The fourth-order valence-electron chi connectivity index (χ4n) is 2.90. The van der Waals surface area contributed by atoms with Crippen LogP contribution in [-0.2, 0) is 11.0 Å². The molecule has 2 heterocycles. The van der Waals surface area contributed by atoms with Crippen molar-refractivity contribution in [1.29, 1.82) is 5.26 Å². The minimum absolute atomic E-state index is 0.175. The number of hydrogen-bond donors (Lipinski definition) is 0. The number of aromatic nitrogens is 1. The largest absolute Gasteiger partial charge is 0.482 e. The van der Waals surface area contributed by atoms with Crippen LogP contribution in [0.25, 0.3) is 0 Å². The highest BCUT2D eigenvalue weighted by molar-refractivity contribution is 5.78. The molecule has 1 aliphatic heterocycles. The third-order valence-corrected chi connectivity index (χ3v) is 4.46. The molecule has 1 fully saturated rings. The molecule has 1 aromatic carbocycles. The van der Waals surface area contributed by atoms with Crippen molar-refractivity contribution in [1.82, 2.24) is 4.90 Å². The first-order valence-electron chi connectivity index (χ1n) is 8.62. The van der Waals surface area contributed by atoms with E-state index >= 15 is 0 Å². The lowest BCUT2D eigenvalue weighted by molar-refractivity contribution is -0.367. The minimum Gasteiger partial charge on any atom is -0.482 e. The van der Waals surface area contributed by atoms with Crippen LogP contribution in [0.5, 0.6) is 5.75 Å². The summed E-state index contributed by atoms with van der Waals surface area (Å²) in [5.74, 6) is 0.722. The molecule has 9 heteroatoms. The molecule has 28 heavy (non-hydrogen) atoms. The number of pyridine rings is 1. The smallest absolute Gasteiger partial charge is 0.419 e. The Balaban J connectivity index is 1.52. The molecule has 1 N–H and O–H groups in total. The van der Waals surface area contributed by atoms with Crippen LogP contribution in [0.2, 0.25) is 0 Å². The van der Waals surface area contributed by atoms with Gasteiger partial charge in [0.2, 0.25) is 0 Å². The number of aromatic amines is 1. The van der Waals surface area contributed by atoms with Gasteiger partial charge in [0.25, 0.3) is 11.7 Å². The molecule has 2 aromatic rings. The number of hydrogen-bond acceptors (Lipinski definition) is 4. The first-order valence-corrected chi connectivity index (χ1v) is 8.62. The van der Waals surface area contributed by atoms with Gasteiger partial charge in [0, 0.05) is 6.07 Å². The molecule has 1 aromatic heterocycles. The highest BCUT2D eigenvalue weighted by Crippen LogP contribution is 2.28. The first-order chi connectivity index (χ1) is 13.4. The zero-order valence-corrected chi connectivity index (χ0v) is 14.9. The molecule has 0 aliphatic carbocycles. The van der Waals surface area contributed by atoms with Crippen LogP contribution in [0.15, 0.2) is 42.6 Å². The van der Waals surface area contributed by atoms with Gasteiger partial charge in [-0.25, -0.2) is 4.98 Å². The number of rotatable bonds is 4. The Labute approximate surface area is 159 Å². The van der Waals surface area contributed by atoms with Crippen LogP contribution in [0, 0.1) is 11.3 Å². The number of nitrogens with zero attached hydrogens (tertiary/aromatic N) is 3. The van der Waals surface area contributed by atoms with Crippen molar-refractivity contribution < 1.29 is 27.7 Å². The molecule has 6 nitrogen and oxygen atoms in total. The number of amides is 1. The maximum Gasteiger partial charge on any atom is 0.419 e. The van der Waals surface area contributed by atoms with Crippen LogP contribution in [0.3, 0.4) is 0 Å². The van der Waals surface area contributed by atoms with Crippen LogP contribution >= 0.6 is 0 Å². The molecule has 0 radical (unpaired) electrons. The lowest BCUT2D eigenvalue weighted by Gasteiger charge is -2.31. The molecule has 0 spiro atoms. The topological polar surface area (TPSA) is 70.7 Å². The maximum atomic E-state index is 12.6. The second-order valence-corrected chi connectivity index (χ2v) is 6.22. The van der Waals surface area contributed by atoms with Gasteiger partial charge in [0.15, 0.2) is 6.61 Å². The molecule has 1 amide bonds. The summed E-state index contributed by atoms with van der Waals surface area (Å²) in [6, 6.07) is 11.1. The molecule has 0 saturated carbocycles. The van der Waals surface area contributed by atoms with Crippen LogP contribution < -0.4 is 14.6 Å². The van der Waals surface area contributed by atoms with Crippen molar-refractivity contribution in [3.63, 3.8) is 0 Å². The first kappa shape index (κ1) is 19.5. The molecule has 1 saturated heterocycles. The van der Waals surface area contributed by atoms with Crippen molar-refractivity contribution in [2.24, 2.45) is 0 Å². The van der Waals surface area contributed by atoms with Gasteiger partial charge in [-0.2, -0.15) is 18.4 Å². The predicted octanol–water partition coefficient (Wildman–Crippen LogP) is 2.12. The van der Waals surface area contributed by atoms with Crippen molar-refractivity contribution in [2.75, 3.05) is 37.7 Å². The summed E-state index contributed by atoms with van der Waals surface area (Å²) in [5.41, 5.74) is -0.377. The summed E-state index contributed by atoms with van der Waals surface area (Å²) in [4.78, 5) is 18.5. The zero-order valence-electron chi connectivity index (χ0n) is 14.9. The second-order valence-electron chi connectivity index (χ2n) is 6.22. The lowest BCUT2D eigenvalue weighted by atomic mass is 10.2. The molecular weight excluding hydrogens is 373 g/mol. The molecule has 146 valence electrons. The Morgan fingerprint density at radius 2 is 1.86 bits per heavy atom. The van der Waals surface area contributed by atoms with E-state index in [9.17, 15) is 18.0 Å². The highest BCUT2D eigenvalue weighted by atomic mass is 19.4. The van der Waals surface area contributed by atoms with Crippen molar-refractivity contribution in [3.05, 3.63) is 53.7 Å². The number of carbonyl (C=O) groups excluding carboxylic acids is 1. The number of para-hydroxylation sites is 1. The molecule has 3 rings (SSSR count). The average Bonchev–Trinajstić information content (AvgIpc) is 2.72. The summed E-state index contributed by atoms with van der Waals surface area (Å²) >= 11 is 0. The Morgan fingerprint density at radius 1 is 1.14 bits per heavy atom. The van der Waals surface area contributed by atoms with Crippen LogP contribution in [0.4, 0.5) is 19.0 Å².